The maximum absolute atomic E-state index is 12.4. The van der Waals surface area contributed by atoms with Gasteiger partial charge in [-0.05, 0) is 6.07 Å². The lowest BCUT2D eigenvalue weighted by atomic mass is 10.1. The first-order valence-electron chi connectivity index (χ1n) is 4.37. The van der Waals surface area contributed by atoms with Crippen LogP contribution in [0.25, 0.3) is 0 Å². The number of ether oxygens (including phenoxy) is 1. The Balaban J connectivity index is 3.36. The van der Waals surface area contributed by atoms with Gasteiger partial charge in [-0.25, -0.2) is 18.6 Å². The van der Waals surface area contributed by atoms with Crippen LogP contribution in [0.1, 0.15) is 28.2 Å². The molecule has 0 spiro atoms. The van der Waals surface area contributed by atoms with Gasteiger partial charge in [0.15, 0.2) is 5.69 Å². The zero-order chi connectivity index (χ0) is 12.3. The van der Waals surface area contributed by atoms with Crippen LogP contribution in [-0.4, -0.2) is 18.1 Å². The Labute approximate surface area is 90.4 Å². The zero-order valence-corrected chi connectivity index (χ0v) is 8.54. The maximum Gasteiger partial charge on any atom is 0.357 e. The van der Waals surface area contributed by atoms with Crippen LogP contribution in [-0.2, 0) is 11.3 Å². The summed E-state index contributed by atoms with van der Waals surface area (Å²) in [5, 5.41) is 0. The van der Waals surface area contributed by atoms with Crippen molar-refractivity contribution in [2.24, 2.45) is 5.73 Å². The molecule has 0 aliphatic heterocycles. The SMILES string of the molecule is COC(=O)c1nc(C(F)F)cc(N)c1CN. The number of carbonyl (C=O) groups excluding carboxylic acids is 1. The third-order valence-corrected chi connectivity index (χ3v) is 1.99. The van der Waals surface area contributed by atoms with E-state index in [9.17, 15) is 13.6 Å². The van der Waals surface area contributed by atoms with Gasteiger partial charge in [0, 0.05) is 17.8 Å². The van der Waals surface area contributed by atoms with Crippen molar-refractivity contribution in [2.45, 2.75) is 13.0 Å². The first-order chi connectivity index (χ1) is 7.51. The summed E-state index contributed by atoms with van der Waals surface area (Å²) in [4.78, 5) is 14.8. The lowest BCUT2D eigenvalue weighted by molar-refractivity contribution is 0.0591. The van der Waals surface area contributed by atoms with Crippen LogP contribution in [0.5, 0.6) is 0 Å². The number of aromatic nitrogens is 1. The van der Waals surface area contributed by atoms with Crippen molar-refractivity contribution in [3.63, 3.8) is 0 Å². The molecule has 1 aromatic heterocycles. The lowest BCUT2D eigenvalue weighted by Gasteiger charge is -2.10. The molecule has 0 unspecified atom stereocenters. The molecule has 1 rings (SSSR count). The van der Waals surface area contributed by atoms with Crippen LogP contribution in [0.2, 0.25) is 0 Å². The molecule has 0 aliphatic rings. The van der Waals surface area contributed by atoms with E-state index in [0.29, 0.717) is 0 Å². The first-order valence-corrected chi connectivity index (χ1v) is 4.37. The Bertz CT molecular complexity index is 410. The van der Waals surface area contributed by atoms with Crippen LogP contribution in [0, 0.1) is 0 Å². The summed E-state index contributed by atoms with van der Waals surface area (Å²) >= 11 is 0. The number of pyridine rings is 1. The van der Waals surface area contributed by atoms with Gasteiger partial charge in [-0.15, -0.1) is 0 Å². The fraction of sp³-hybridized carbons (Fsp3) is 0.333. The second-order valence-electron chi connectivity index (χ2n) is 2.96. The number of halogens is 2. The Morgan fingerprint density at radius 2 is 2.25 bits per heavy atom. The topological polar surface area (TPSA) is 91.2 Å². The first kappa shape index (κ1) is 12.3. The largest absolute Gasteiger partial charge is 0.464 e. The van der Waals surface area contributed by atoms with Crippen molar-refractivity contribution < 1.29 is 18.3 Å². The number of hydrogen-bond acceptors (Lipinski definition) is 5. The molecule has 0 atom stereocenters. The Kier molecular flexibility index (Phi) is 3.73. The van der Waals surface area contributed by atoms with E-state index in [4.69, 9.17) is 11.5 Å². The van der Waals surface area contributed by atoms with Gasteiger partial charge >= 0.3 is 5.97 Å². The second-order valence-corrected chi connectivity index (χ2v) is 2.96. The fourth-order valence-electron chi connectivity index (χ4n) is 1.20. The minimum atomic E-state index is -2.81. The molecule has 0 aliphatic carbocycles. The number of methoxy groups -OCH3 is 1. The molecule has 1 aromatic rings. The standard InChI is InChI=1S/C9H11F2N3O2/c1-16-9(15)7-4(3-12)5(13)2-6(14-7)8(10)11/h2,8H,3,12H2,1H3,(H2,13,14). The van der Waals surface area contributed by atoms with Crippen molar-refractivity contribution in [1.29, 1.82) is 0 Å². The highest BCUT2D eigenvalue weighted by atomic mass is 19.3. The molecule has 5 nitrogen and oxygen atoms in total. The predicted molar refractivity (Wildman–Crippen MR) is 52.8 cm³/mol. The van der Waals surface area contributed by atoms with Crippen LogP contribution in [0.15, 0.2) is 6.07 Å². The molecule has 88 valence electrons. The highest BCUT2D eigenvalue weighted by Crippen LogP contribution is 2.23. The van der Waals surface area contributed by atoms with Crippen molar-refractivity contribution in [1.82, 2.24) is 4.98 Å². The number of anilines is 1. The molecule has 4 N–H and O–H groups in total. The van der Waals surface area contributed by atoms with Crippen LogP contribution < -0.4 is 11.5 Å². The Morgan fingerprint density at radius 1 is 1.62 bits per heavy atom. The van der Waals surface area contributed by atoms with Crippen LogP contribution in [0.4, 0.5) is 14.5 Å². The monoisotopic (exact) mass is 231 g/mol. The molecule has 0 amide bonds. The second kappa shape index (κ2) is 4.84. The van der Waals surface area contributed by atoms with Gasteiger partial charge in [-0.3, -0.25) is 0 Å². The highest BCUT2D eigenvalue weighted by Gasteiger charge is 2.20. The number of nitrogens with zero attached hydrogens (tertiary/aromatic N) is 1. The van der Waals surface area contributed by atoms with Gasteiger partial charge in [0.05, 0.1) is 7.11 Å². The molecule has 0 saturated heterocycles. The number of rotatable bonds is 3. The summed E-state index contributed by atoms with van der Waals surface area (Å²) in [6.45, 7) is -0.0766. The van der Waals surface area contributed by atoms with Crippen molar-refractivity contribution in [2.75, 3.05) is 12.8 Å². The highest BCUT2D eigenvalue weighted by molar-refractivity contribution is 5.90. The van der Waals surface area contributed by atoms with Crippen LogP contribution >= 0.6 is 0 Å². The zero-order valence-electron chi connectivity index (χ0n) is 8.54. The maximum atomic E-state index is 12.4. The number of alkyl halides is 2. The average Bonchev–Trinajstić information content (AvgIpc) is 2.26. The van der Waals surface area contributed by atoms with E-state index in [0.717, 1.165) is 13.2 Å². The number of esters is 1. The summed E-state index contributed by atoms with van der Waals surface area (Å²) in [5.74, 6) is -0.838. The number of carbonyl (C=O) groups is 1. The van der Waals surface area contributed by atoms with E-state index in [1.807, 2.05) is 0 Å². The molecular weight excluding hydrogens is 220 g/mol. The van der Waals surface area contributed by atoms with Gasteiger partial charge < -0.3 is 16.2 Å². The molecule has 0 bridgehead atoms. The molecule has 0 aromatic carbocycles. The third-order valence-electron chi connectivity index (χ3n) is 1.99. The molecule has 0 fully saturated rings. The predicted octanol–water partition coefficient (Wildman–Crippen LogP) is 0.847. The van der Waals surface area contributed by atoms with E-state index in [1.165, 1.54) is 0 Å². The van der Waals surface area contributed by atoms with Crippen molar-refractivity contribution in [3.8, 4) is 0 Å². The molecular formula is C9H11F2N3O2. The van der Waals surface area contributed by atoms with E-state index in [-0.39, 0.29) is 23.5 Å². The summed E-state index contributed by atoms with van der Waals surface area (Å²) < 4.78 is 29.3. The van der Waals surface area contributed by atoms with E-state index in [1.54, 1.807) is 0 Å². The van der Waals surface area contributed by atoms with Crippen molar-refractivity contribution >= 4 is 11.7 Å². The van der Waals surface area contributed by atoms with Crippen LogP contribution in [0.3, 0.4) is 0 Å². The van der Waals surface area contributed by atoms with E-state index < -0.39 is 18.1 Å². The number of nitrogen functional groups attached to an aromatic ring is 1. The number of hydrogen-bond donors (Lipinski definition) is 2. The third kappa shape index (κ3) is 2.25. The average molecular weight is 231 g/mol. The minimum Gasteiger partial charge on any atom is -0.464 e. The quantitative estimate of drug-likeness (QED) is 0.752. The van der Waals surface area contributed by atoms with Gasteiger partial charge in [-0.1, -0.05) is 0 Å². The van der Waals surface area contributed by atoms with Gasteiger partial charge in [0.25, 0.3) is 6.43 Å². The normalized spacial score (nSPS) is 10.6. The summed E-state index contributed by atoms with van der Waals surface area (Å²) in [5.41, 5.74) is 10.2. The summed E-state index contributed by atoms with van der Waals surface area (Å²) in [6.07, 6.45) is -2.81. The molecule has 0 saturated carbocycles. The smallest absolute Gasteiger partial charge is 0.357 e. The van der Waals surface area contributed by atoms with Gasteiger partial charge in [0.1, 0.15) is 5.69 Å². The van der Waals surface area contributed by atoms with Gasteiger partial charge in [-0.2, -0.15) is 0 Å². The molecule has 1 heterocycles. The fourth-order valence-corrected chi connectivity index (χ4v) is 1.20. The molecule has 0 radical (unpaired) electrons. The summed E-state index contributed by atoms with van der Waals surface area (Å²) in [7, 11) is 1.12. The minimum absolute atomic E-state index is 0.00759. The Morgan fingerprint density at radius 3 is 2.69 bits per heavy atom. The molecule has 16 heavy (non-hydrogen) atoms. The number of nitrogens with two attached hydrogens (primary N) is 2. The molecule has 7 heteroatoms. The van der Waals surface area contributed by atoms with Crippen molar-refractivity contribution in [3.05, 3.63) is 23.0 Å². The Hall–Kier alpha value is -1.76. The van der Waals surface area contributed by atoms with E-state index >= 15 is 0 Å². The summed E-state index contributed by atoms with van der Waals surface area (Å²) in [6, 6.07) is 0.999. The van der Waals surface area contributed by atoms with E-state index in [2.05, 4.69) is 9.72 Å². The van der Waals surface area contributed by atoms with Gasteiger partial charge in [0.2, 0.25) is 0 Å². The lowest BCUT2D eigenvalue weighted by Crippen LogP contribution is -2.15.